The molecule has 3 N–H and O–H groups in total. The molecule has 0 saturated carbocycles. The van der Waals surface area contributed by atoms with Gasteiger partial charge in [0.1, 0.15) is 0 Å². The van der Waals surface area contributed by atoms with Gasteiger partial charge in [0, 0.05) is 40.5 Å². The number of fused-ring (bicyclic) bond motifs is 2. The number of benzene rings is 1. The van der Waals surface area contributed by atoms with Crippen molar-refractivity contribution in [1.29, 1.82) is 0 Å². The lowest BCUT2D eigenvalue weighted by atomic mass is 9.86. The van der Waals surface area contributed by atoms with Crippen LogP contribution < -0.4 is 10.6 Å². The summed E-state index contributed by atoms with van der Waals surface area (Å²) in [5, 5.41) is 6.58. The number of aromatic nitrogens is 1. The highest BCUT2D eigenvalue weighted by atomic mass is 16.2. The average Bonchev–Trinajstić information content (AvgIpc) is 3.12. The van der Waals surface area contributed by atoms with E-state index >= 15 is 0 Å². The molecule has 2 bridgehead atoms. The first-order valence-electron chi connectivity index (χ1n) is 8.42. The van der Waals surface area contributed by atoms with Gasteiger partial charge in [0.25, 0.3) is 11.8 Å². The summed E-state index contributed by atoms with van der Waals surface area (Å²) in [7, 11) is 0. The summed E-state index contributed by atoms with van der Waals surface area (Å²) >= 11 is 0. The Morgan fingerprint density at radius 1 is 0.962 bits per heavy atom. The van der Waals surface area contributed by atoms with Crippen LogP contribution in [-0.4, -0.2) is 16.8 Å². The third-order valence-electron chi connectivity index (χ3n) is 4.90. The van der Waals surface area contributed by atoms with Crippen LogP contribution in [0, 0.1) is 5.92 Å². The van der Waals surface area contributed by atoms with E-state index in [2.05, 4.69) is 15.6 Å². The molecular formula is C21H15N3O2. The van der Waals surface area contributed by atoms with Crippen LogP contribution in [0.15, 0.2) is 83.9 Å². The topological polar surface area (TPSA) is 74.0 Å². The Morgan fingerprint density at radius 3 is 2.73 bits per heavy atom. The SMILES string of the molecule is O=C1NC(=O)C(c2c[nH]c3ccccc23)=C1C1=CNC2=CC1C=CC=C2. The number of H-pyrrole nitrogens is 1. The Labute approximate surface area is 149 Å². The largest absolute Gasteiger partial charge is 0.362 e. The second kappa shape index (κ2) is 5.46. The number of dihydropyridines is 1. The molecule has 1 unspecified atom stereocenters. The normalized spacial score (nSPS) is 21.5. The molecule has 126 valence electrons. The molecule has 3 heterocycles. The van der Waals surface area contributed by atoms with Crippen LogP contribution in [-0.2, 0) is 9.59 Å². The van der Waals surface area contributed by atoms with Crippen molar-refractivity contribution in [3.8, 4) is 0 Å². The maximum Gasteiger partial charge on any atom is 0.259 e. The predicted octanol–water partition coefficient (Wildman–Crippen LogP) is 2.69. The third-order valence-corrected chi connectivity index (χ3v) is 4.90. The molecule has 1 atom stereocenters. The van der Waals surface area contributed by atoms with E-state index in [-0.39, 0.29) is 17.7 Å². The van der Waals surface area contributed by atoms with Gasteiger partial charge < -0.3 is 10.3 Å². The summed E-state index contributed by atoms with van der Waals surface area (Å²) in [4.78, 5) is 28.4. The van der Waals surface area contributed by atoms with Crippen molar-refractivity contribution in [2.75, 3.05) is 0 Å². The van der Waals surface area contributed by atoms with Crippen molar-refractivity contribution < 1.29 is 9.59 Å². The second-order valence-corrected chi connectivity index (χ2v) is 6.42. The number of para-hydroxylation sites is 1. The van der Waals surface area contributed by atoms with Crippen LogP contribution in [0.5, 0.6) is 0 Å². The lowest BCUT2D eigenvalue weighted by Crippen LogP contribution is -2.25. The second-order valence-electron chi connectivity index (χ2n) is 6.42. The van der Waals surface area contributed by atoms with Crippen molar-refractivity contribution in [2.45, 2.75) is 0 Å². The van der Waals surface area contributed by atoms with Gasteiger partial charge >= 0.3 is 0 Å². The van der Waals surface area contributed by atoms with Gasteiger partial charge in [-0.3, -0.25) is 14.9 Å². The number of hydrogen-bond donors (Lipinski definition) is 3. The van der Waals surface area contributed by atoms with Crippen LogP contribution in [0.3, 0.4) is 0 Å². The Bertz CT molecular complexity index is 1130. The minimum atomic E-state index is -0.360. The lowest BCUT2D eigenvalue weighted by Gasteiger charge is -2.20. The Morgan fingerprint density at radius 2 is 1.81 bits per heavy atom. The van der Waals surface area contributed by atoms with Gasteiger partial charge in [-0.2, -0.15) is 0 Å². The number of amides is 2. The molecule has 0 fully saturated rings. The van der Waals surface area contributed by atoms with Gasteiger partial charge in [-0.15, -0.1) is 0 Å². The number of imide groups is 1. The van der Waals surface area contributed by atoms with Gasteiger partial charge in [0.2, 0.25) is 0 Å². The van der Waals surface area contributed by atoms with Crippen molar-refractivity contribution in [3.63, 3.8) is 0 Å². The number of nitrogens with one attached hydrogen (secondary N) is 3. The maximum absolute atomic E-state index is 12.6. The van der Waals surface area contributed by atoms with Crippen LogP contribution in [0.2, 0.25) is 0 Å². The summed E-state index contributed by atoms with van der Waals surface area (Å²) in [6.07, 6.45) is 13.6. The van der Waals surface area contributed by atoms with Gasteiger partial charge in [-0.25, -0.2) is 0 Å². The van der Waals surface area contributed by atoms with Crippen molar-refractivity contribution >= 4 is 28.3 Å². The molecule has 0 saturated heterocycles. The van der Waals surface area contributed by atoms with Crippen molar-refractivity contribution in [2.24, 2.45) is 5.92 Å². The first-order valence-corrected chi connectivity index (χ1v) is 8.42. The predicted molar refractivity (Wildman–Crippen MR) is 99.4 cm³/mol. The Balaban J connectivity index is 1.72. The standard InChI is InChI=1S/C21H15N3O2/c25-20-18(15-10-22-13-6-2-1-5-12(15)9-13)19(21(26)24-20)16-11-23-17-8-4-3-7-14(16)17/h1-12,22-23H,(H,24,25,26). The summed E-state index contributed by atoms with van der Waals surface area (Å²) in [6, 6.07) is 7.75. The summed E-state index contributed by atoms with van der Waals surface area (Å²) in [5.41, 5.74) is 4.28. The highest BCUT2D eigenvalue weighted by Crippen LogP contribution is 2.37. The molecule has 0 spiro atoms. The fraction of sp³-hybridized carbons (Fsp3) is 0.0476. The molecule has 2 aromatic rings. The molecule has 1 aromatic carbocycles. The van der Waals surface area contributed by atoms with Gasteiger partial charge in [0.15, 0.2) is 0 Å². The number of carbonyl (C=O) groups is 2. The molecule has 0 radical (unpaired) electrons. The van der Waals surface area contributed by atoms with E-state index in [0.29, 0.717) is 11.1 Å². The monoisotopic (exact) mass is 341 g/mol. The van der Waals surface area contributed by atoms with E-state index in [9.17, 15) is 9.59 Å². The van der Waals surface area contributed by atoms with E-state index in [1.807, 2.05) is 60.8 Å². The Kier molecular flexibility index (Phi) is 3.09. The first kappa shape index (κ1) is 14.7. The van der Waals surface area contributed by atoms with E-state index in [1.54, 1.807) is 6.20 Å². The van der Waals surface area contributed by atoms with Crippen molar-refractivity contribution in [1.82, 2.24) is 15.6 Å². The fourth-order valence-electron chi connectivity index (χ4n) is 3.70. The highest BCUT2D eigenvalue weighted by molar-refractivity contribution is 6.38. The summed E-state index contributed by atoms with van der Waals surface area (Å²) < 4.78 is 0. The van der Waals surface area contributed by atoms with E-state index in [0.717, 1.165) is 27.7 Å². The molecule has 5 nitrogen and oxygen atoms in total. The number of hydrogen-bond acceptors (Lipinski definition) is 3. The van der Waals surface area contributed by atoms with Crippen molar-refractivity contribution in [3.05, 3.63) is 89.4 Å². The van der Waals surface area contributed by atoms with Crippen LogP contribution >= 0.6 is 0 Å². The molecule has 26 heavy (non-hydrogen) atoms. The Hall–Kier alpha value is -3.60. The molecule has 2 aliphatic heterocycles. The lowest BCUT2D eigenvalue weighted by molar-refractivity contribution is -0.123. The zero-order valence-electron chi connectivity index (χ0n) is 13.7. The average molecular weight is 341 g/mol. The molecule has 2 amide bonds. The van der Waals surface area contributed by atoms with E-state index in [4.69, 9.17) is 0 Å². The minimum Gasteiger partial charge on any atom is -0.362 e. The zero-order chi connectivity index (χ0) is 17.7. The number of aromatic amines is 1. The molecule has 5 heteroatoms. The number of carbonyl (C=O) groups excluding carboxylic acids is 2. The van der Waals surface area contributed by atoms with E-state index in [1.165, 1.54) is 0 Å². The summed E-state index contributed by atoms with van der Waals surface area (Å²) in [6.45, 7) is 0. The van der Waals surface area contributed by atoms with Crippen LogP contribution in [0.1, 0.15) is 5.56 Å². The number of allylic oxidation sites excluding steroid dienone is 5. The summed E-state index contributed by atoms with van der Waals surface area (Å²) in [5.74, 6) is -0.778. The molecule has 5 rings (SSSR count). The van der Waals surface area contributed by atoms with Gasteiger partial charge in [-0.05, 0) is 23.8 Å². The van der Waals surface area contributed by atoms with Crippen LogP contribution in [0.4, 0.5) is 0 Å². The van der Waals surface area contributed by atoms with Gasteiger partial charge in [-0.1, -0.05) is 36.4 Å². The maximum atomic E-state index is 12.6. The van der Waals surface area contributed by atoms with Gasteiger partial charge in [0.05, 0.1) is 11.1 Å². The first-order chi connectivity index (χ1) is 12.7. The minimum absolute atomic E-state index is 0.0619. The highest BCUT2D eigenvalue weighted by Gasteiger charge is 2.36. The molecule has 3 aliphatic rings. The smallest absolute Gasteiger partial charge is 0.259 e. The molecular weight excluding hydrogens is 326 g/mol. The molecule has 1 aliphatic carbocycles. The molecule has 1 aromatic heterocycles. The zero-order valence-corrected chi connectivity index (χ0v) is 13.7. The fourth-order valence-corrected chi connectivity index (χ4v) is 3.70. The van der Waals surface area contributed by atoms with E-state index < -0.39 is 0 Å². The quantitative estimate of drug-likeness (QED) is 0.735. The third kappa shape index (κ3) is 2.10. The van der Waals surface area contributed by atoms with Crippen LogP contribution in [0.25, 0.3) is 16.5 Å². The number of rotatable bonds is 2.